The summed E-state index contributed by atoms with van der Waals surface area (Å²) in [6.45, 7) is 1.30. The number of likely N-dealkylation sites (tertiary alicyclic amines) is 1. The van der Waals surface area contributed by atoms with Crippen molar-refractivity contribution < 1.29 is 46.6 Å². The molecule has 43 heavy (non-hydrogen) atoms. The second-order valence-electron chi connectivity index (χ2n) is 10.5. The Kier molecular flexibility index (Phi) is 10.1. The van der Waals surface area contributed by atoms with Crippen LogP contribution in [-0.4, -0.2) is 101 Å². The maximum absolute atomic E-state index is 15.2. The van der Waals surface area contributed by atoms with E-state index in [9.17, 15) is 24.1 Å². The van der Waals surface area contributed by atoms with Crippen molar-refractivity contribution in [2.75, 3.05) is 34.4 Å². The van der Waals surface area contributed by atoms with E-state index in [-0.39, 0.29) is 29.7 Å². The van der Waals surface area contributed by atoms with E-state index in [4.69, 9.17) is 18.5 Å². The third kappa shape index (κ3) is 7.03. The molecule has 1 aromatic heterocycles. The first-order valence-electron chi connectivity index (χ1n) is 13.6. The Labute approximate surface area is 246 Å². The number of carbonyl (C=O) groups excluding carboxylic acids is 2. The van der Waals surface area contributed by atoms with Crippen molar-refractivity contribution in [1.82, 2.24) is 19.1 Å². The molecule has 1 unspecified atom stereocenters. The zero-order chi connectivity index (χ0) is 31.5. The van der Waals surface area contributed by atoms with Crippen LogP contribution in [0.5, 0.6) is 5.75 Å². The molecule has 1 aromatic carbocycles. The van der Waals surface area contributed by atoms with Gasteiger partial charge in [-0.15, -0.1) is 0 Å². The molecule has 13 nitrogen and oxygen atoms in total. The number of aliphatic hydroxyl groups is 1. The molecule has 2 aliphatic rings. The third-order valence-corrected chi connectivity index (χ3v) is 9.66. The number of ketones is 1. The van der Waals surface area contributed by atoms with Crippen LogP contribution in [0, 0.1) is 0 Å². The molecule has 0 saturated carbocycles. The van der Waals surface area contributed by atoms with E-state index < -0.39 is 56.4 Å². The van der Waals surface area contributed by atoms with Gasteiger partial charge in [0.25, 0.3) is 0 Å². The van der Waals surface area contributed by atoms with Gasteiger partial charge in [0.1, 0.15) is 17.9 Å². The standard InChI is InChI=1S/C27H35F2N4O9P/c1-17(24(36)39-4)32(3)43(38,42-19-9-6-5-7-10-19)40-16-22-23(35)27(28,29)25(41-22)33-14-12-18(30-26(33)37)15-21(34)20-11-8-13-31(20)2/h5-7,9-10,12,14,17,20,22-23,25,35H,8,11,13,15-16H2,1-4H3/t17-,20-,22+,23+,25+,43?/m0/s1. The highest BCUT2D eigenvalue weighted by Crippen LogP contribution is 2.53. The Bertz CT molecular complexity index is 1410. The van der Waals surface area contributed by atoms with Gasteiger partial charge < -0.3 is 19.1 Å². The Morgan fingerprint density at radius 2 is 1.98 bits per heavy atom. The topological polar surface area (TPSA) is 150 Å². The highest BCUT2D eigenvalue weighted by molar-refractivity contribution is 7.51. The van der Waals surface area contributed by atoms with E-state index in [1.54, 1.807) is 18.2 Å². The van der Waals surface area contributed by atoms with Crippen LogP contribution in [0.4, 0.5) is 8.78 Å². The maximum atomic E-state index is 15.2. The lowest BCUT2D eigenvalue weighted by molar-refractivity contribution is -0.144. The molecule has 1 N–H and O–H groups in total. The molecular formula is C27H35F2N4O9P. The summed E-state index contributed by atoms with van der Waals surface area (Å²) in [5.74, 6) is -4.78. The summed E-state index contributed by atoms with van der Waals surface area (Å²) in [6.07, 6.45) is -4.06. The number of carbonyl (C=O) groups is 2. The lowest BCUT2D eigenvalue weighted by atomic mass is 10.1. The van der Waals surface area contributed by atoms with Crippen LogP contribution in [0.25, 0.3) is 0 Å². The molecule has 0 spiro atoms. The molecule has 3 heterocycles. The number of benzene rings is 1. The first kappa shape index (κ1) is 32.8. The number of hydrogen-bond donors (Lipinski definition) is 1. The Hall–Kier alpha value is -3.07. The summed E-state index contributed by atoms with van der Waals surface area (Å²) in [7, 11) is -0.205. The molecule has 16 heteroatoms. The van der Waals surface area contributed by atoms with Gasteiger partial charge in [0, 0.05) is 6.20 Å². The minimum atomic E-state index is -4.43. The number of para-hydroxylation sites is 1. The van der Waals surface area contributed by atoms with Gasteiger partial charge in [-0.05, 0) is 58.6 Å². The van der Waals surface area contributed by atoms with Crippen LogP contribution in [0.1, 0.15) is 31.7 Å². The van der Waals surface area contributed by atoms with Gasteiger partial charge in [0.2, 0.25) is 6.23 Å². The number of methoxy groups -OCH3 is 1. The summed E-state index contributed by atoms with van der Waals surface area (Å²) in [5.41, 5.74) is -0.983. The largest absolute Gasteiger partial charge is 0.468 e. The van der Waals surface area contributed by atoms with E-state index >= 15 is 8.78 Å². The van der Waals surface area contributed by atoms with Crippen LogP contribution in [0.15, 0.2) is 47.4 Å². The summed E-state index contributed by atoms with van der Waals surface area (Å²) < 4.78 is 66.9. The van der Waals surface area contributed by atoms with Gasteiger partial charge in [-0.25, -0.2) is 9.36 Å². The molecular weight excluding hydrogens is 593 g/mol. The van der Waals surface area contributed by atoms with E-state index in [0.717, 1.165) is 30.9 Å². The predicted molar refractivity (Wildman–Crippen MR) is 148 cm³/mol. The number of aromatic nitrogens is 2. The molecule has 2 aromatic rings. The number of nitrogens with zero attached hydrogens (tertiary/aromatic N) is 4. The van der Waals surface area contributed by atoms with Gasteiger partial charge in [-0.1, -0.05) is 18.2 Å². The smallest absolute Gasteiger partial charge is 0.461 e. The van der Waals surface area contributed by atoms with Crippen molar-refractivity contribution in [1.29, 1.82) is 0 Å². The van der Waals surface area contributed by atoms with Crippen molar-refractivity contribution in [3.63, 3.8) is 0 Å². The number of esters is 1. The Morgan fingerprint density at radius 3 is 2.58 bits per heavy atom. The first-order chi connectivity index (χ1) is 20.3. The number of alkyl halides is 2. The van der Waals surface area contributed by atoms with Gasteiger partial charge in [-0.2, -0.15) is 18.4 Å². The Balaban J connectivity index is 1.50. The fourth-order valence-corrected chi connectivity index (χ4v) is 6.55. The number of Topliss-reactive ketones (excluding diaryl/α,β-unsaturated/α-hetero) is 1. The van der Waals surface area contributed by atoms with E-state index in [1.165, 1.54) is 32.2 Å². The normalized spacial score (nSPS) is 25.8. The molecule has 2 aliphatic heterocycles. The highest BCUT2D eigenvalue weighted by Gasteiger charge is 2.60. The molecule has 0 aliphatic carbocycles. The van der Waals surface area contributed by atoms with Crippen molar-refractivity contribution >= 4 is 19.5 Å². The van der Waals surface area contributed by atoms with Gasteiger partial charge in [-0.3, -0.25) is 23.6 Å². The van der Waals surface area contributed by atoms with E-state index in [0.29, 0.717) is 11.0 Å². The van der Waals surface area contributed by atoms with Gasteiger partial charge in [0.15, 0.2) is 11.9 Å². The highest BCUT2D eigenvalue weighted by atomic mass is 31.2. The summed E-state index contributed by atoms with van der Waals surface area (Å²) in [5, 5.41) is 10.5. The van der Waals surface area contributed by atoms with Gasteiger partial charge in [0.05, 0.1) is 31.9 Å². The summed E-state index contributed by atoms with van der Waals surface area (Å²) >= 11 is 0. The lowest BCUT2D eigenvalue weighted by Crippen LogP contribution is -2.42. The number of hydrogen-bond acceptors (Lipinski definition) is 11. The average molecular weight is 629 g/mol. The molecule has 0 radical (unpaired) electrons. The van der Waals surface area contributed by atoms with Crippen LogP contribution in [0.3, 0.4) is 0 Å². The SMILES string of the molecule is COC(=O)[C@H](C)N(C)P(=O)(OC[C@H]1O[C@@H](n2ccc(CC(=O)[C@@H]3CCCN3C)nc2=O)C(F)(F)[C@@H]1O)Oc1ccccc1. The Morgan fingerprint density at radius 1 is 1.28 bits per heavy atom. The number of halogens is 2. The number of rotatable bonds is 12. The molecule has 2 fully saturated rings. The van der Waals surface area contributed by atoms with Crippen LogP contribution in [-0.2, 0) is 34.6 Å². The van der Waals surface area contributed by atoms with Crippen molar-refractivity contribution in [2.24, 2.45) is 0 Å². The minimum absolute atomic E-state index is 0.0987. The monoisotopic (exact) mass is 628 g/mol. The quantitative estimate of drug-likeness (QED) is 0.271. The molecule has 236 valence electrons. The zero-order valence-corrected chi connectivity index (χ0v) is 25.1. The number of ether oxygens (including phenoxy) is 2. The average Bonchev–Trinajstić information content (AvgIpc) is 3.51. The summed E-state index contributed by atoms with van der Waals surface area (Å²) in [4.78, 5) is 43.2. The fraction of sp³-hybridized carbons (Fsp3) is 0.556. The molecule has 2 saturated heterocycles. The minimum Gasteiger partial charge on any atom is -0.468 e. The fourth-order valence-electron chi connectivity index (χ4n) is 4.94. The van der Waals surface area contributed by atoms with Gasteiger partial charge >= 0.3 is 25.3 Å². The van der Waals surface area contributed by atoms with Crippen LogP contribution >= 0.6 is 7.75 Å². The first-order valence-corrected chi connectivity index (χ1v) is 15.1. The predicted octanol–water partition coefficient (Wildman–Crippen LogP) is 2.04. The summed E-state index contributed by atoms with van der Waals surface area (Å²) in [6, 6.07) is 7.67. The molecule has 6 atom stereocenters. The van der Waals surface area contributed by atoms with Crippen molar-refractivity contribution in [3.8, 4) is 5.75 Å². The maximum Gasteiger partial charge on any atom is 0.461 e. The second-order valence-corrected chi connectivity index (χ2v) is 12.5. The second kappa shape index (κ2) is 13.3. The van der Waals surface area contributed by atoms with Crippen LogP contribution in [0.2, 0.25) is 0 Å². The van der Waals surface area contributed by atoms with E-state index in [2.05, 4.69) is 4.98 Å². The van der Waals surface area contributed by atoms with E-state index in [1.807, 2.05) is 11.9 Å². The van der Waals surface area contributed by atoms with Crippen molar-refractivity contribution in [3.05, 3.63) is 58.8 Å². The van der Waals surface area contributed by atoms with Crippen LogP contribution < -0.4 is 10.2 Å². The third-order valence-electron chi connectivity index (χ3n) is 7.62. The molecule has 4 rings (SSSR count). The number of aliphatic hydroxyl groups excluding tert-OH is 1. The molecule has 0 amide bonds. The number of likely N-dealkylation sites (N-methyl/N-ethyl adjacent to an activating group) is 2. The zero-order valence-electron chi connectivity index (χ0n) is 24.2. The lowest BCUT2D eigenvalue weighted by Gasteiger charge is -2.31. The molecule has 0 bridgehead atoms. The van der Waals surface area contributed by atoms with Crippen molar-refractivity contribution in [2.45, 2.75) is 62.6 Å².